The number of methoxy groups -OCH3 is 1. The molecule has 0 saturated carbocycles. The normalized spacial score (nSPS) is 17.1. The number of esters is 2. The van der Waals surface area contributed by atoms with E-state index in [2.05, 4.69) is 15.9 Å². The Bertz CT molecular complexity index is 629. The highest BCUT2D eigenvalue weighted by Crippen LogP contribution is 2.36. The first-order valence-electron chi connectivity index (χ1n) is 5.95. The van der Waals surface area contributed by atoms with Gasteiger partial charge in [-0.25, -0.2) is 9.59 Å². The minimum absolute atomic E-state index is 0.243. The summed E-state index contributed by atoms with van der Waals surface area (Å²) in [4.78, 5) is 23.9. The lowest BCUT2D eigenvalue weighted by Gasteiger charge is -2.29. The van der Waals surface area contributed by atoms with Crippen molar-refractivity contribution in [3.63, 3.8) is 0 Å². The Morgan fingerprint density at radius 2 is 1.81 bits per heavy atom. The molecule has 21 heavy (non-hydrogen) atoms. The molecular formula is C14H12BrClO5. The van der Waals surface area contributed by atoms with E-state index in [0.29, 0.717) is 20.8 Å². The molecule has 0 amide bonds. The molecule has 0 bridgehead atoms. The second-order valence-corrected chi connectivity index (χ2v) is 5.95. The van der Waals surface area contributed by atoms with Crippen molar-refractivity contribution in [2.24, 2.45) is 0 Å². The fourth-order valence-corrected chi connectivity index (χ4v) is 2.34. The van der Waals surface area contributed by atoms with Crippen LogP contribution in [0.5, 0.6) is 5.75 Å². The van der Waals surface area contributed by atoms with Crippen molar-refractivity contribution in [2.75, 3.05) is 7.11 Å². The largest absolute Gasteiger partial charge is 0.496 e. The maximum absolute atomic E-state index is 11.9. The quantitative estimate of drug-likeness (QED) is 0.451. The second kappa shape index (κ2) is 5.69. The van der Waals surface area contributed by atoms with Crippen molar-refractivity contribution in [3.05, 3.63) is 32.8 Å². The van der Waals surface area contributed by atoms with Gasteiger partial charge in [-0.3, -0.25) is 0 Å². The third-order valence-electron chi connectivity index (χ3n) is 2.72. The summed E-state index contributed by atoms with van der Waals surface area (Å²) in [6.45, 7) is 2.96. The van der Waals surface area contributed by atoms with Crippen LogP contribution in [0.25, 0.3) is 6.08 Å². The van der Waals surface area contributed by atoms with Crippen LogP contribution in [0.3, 0.4) is 0 Å². The molecule has 0 unspecified atom stereocenters. The Morgan fingerprint density at radius 3 is 2.33 bits per heavy atom. The summed E-state index contributed by atoms with van der Waals surface area (Å²) in [5.41, 5.74) is 0.143. The molecule has 1 heterocycles. The molecule has 0 atom stereocenters. The van der Waals surface area contributed by atoms with E-state index >= 15 is 0 Å². The average Bonchev–Trinajstić information content (AvgIpc) is 2.37. The van der Waals surface area contributed by atoms with Crippen molar-refractivity contribution in [1.82, 2.24) is 0 Å². The van der Waals surface area contributed by atoms with E-state index in [-0.39, 0.29) is 5.57 Å². The van der Waals surface area contributed by atoms with Crippen LogP contribution in [0.15, 0.2) is 22.2 Å². The molecule has 0 spiro atoms. The van der Waals surface area contributed by atoms with Gasteiger partial charge in [0.2, 0.25) is 0 Å². The van der Waals surface area contributed by atoms with E-state index in [1.165, 1.54) is 27.0 Å². The molecule has 0 radical (unpaired) electrons. The first-order chi connectivity index (χ1) is 9.75. The predicted octanol–water partition coefficient (Wildman–Crippen LogP) is 3.33. The Labute approximate surface area is 134 Å². The van der Waals surface area contributed by atoms with Gasteiger partial charge < -0.3 is 14.2 Å². The van der Waals surface area contributed by atoms with Crippen LogP contribution in [0, 0.1) is 0 Å². The molecule has 1 aromatic rings. The lowest BCUT2D eigenvalue weighted by molar-refractivity contribution is -0.222. The van der Waals surface area contributed by atoms with Crippen molar-refractivity contribution in [3.8, 4) is 5.75 Å². The van der Waals surface area contributed by atoms with Crippen molar-refractivity contribution >= 4 is 45.5 Å². The van der Waals surface area contributed by atoms with E-state index in [0.717, 1.165) is 0 Å². The molecule has 0 N–H and O–H groups in total. The Morgan fingerprint density at radius 1 is 1.24 bits per heavy atom. The molecule has 1 aliphatic rings. The number of ether oxygens (including phenoxy) is 3. The van der Waals surface area contributed by atoms with Crippen LogP contribution in [-0.4, -0.2) is 24.8 Å². The summed E-state index contributed by atoms with van der Waals surface area (Å²) in [6, 6.07) is 3.36. The van der Waals surface area contributed by atoms with Gasteiger partial charge in [-0.2, -0.15) is 0 Å². The summed E-state index contributed by atoms with van der Waals surface area (Å²) in [7, 11) is 1.46. The maximum Gasteiger partial charge on any atom is 0.348 e. The van der Waals surface area contributed by atoms with Crippen LogP contribution in [-0.2, 0) is 19.1 Å². The Balaban J connectivity index is 2.52. The highest BCUT2D eigenvalue weighted by atomic mass is 79.9. The minimum Gasteiger partial charge on any atom is -0.496 e. The summed E-state index contributed by atoms with van der Waals surface area (Å²) in [5.74, 6) is -2.40. The van der Waals surface area contributed by atoms with Gasteiger partial charge in [0.25, 0.3) is 5.79 Å². The monoisotopic (exact) mass is 374 g/mol. The molecule has 1 fully saturated rings. The molecule has 1 aliphatic heterocycles. The topological polar surface area (TPSA) is 61.8 Å². The zero-order valence-corrected chi connectivity index (χ0v) is 13.9. The number of carbonyl (C=O) groups excluding carboxylic acids is 2. The van der Waals surface area contributed by atoms with Gasteiger partial charge in [0, 0.05) is 23.9 Å². The molecular weight excluding hydrogens is 364 g/mol. The first-order valence-corrected chi connectivity index (χ1v) is 7.12. The fourth-order valence-electron chi connectivity index (χ4n) is 1.78. The van der Waals surface area contributed by atoms with E-state index in [1.54, 1.807) is 12.1 Å². The summed E-state index contributed by atoms with van der Waals surface area (Å²) >= 11 is 9.45. The minimum atomic E-state index is -1.28. The van der Waals surface area contributed by atoms with E-state index in [4.69, 9.17) is 25.8 Å². The molecule has 0 aliphatic carbocycles. The number of cyclic esters (lactones) is 2. The molecule has 1 saturated heterocycles. The third kappa shape index (κ3) is 3.22. The molecule has 5 nitrogen and oxygen atoms in total. The average molecular weight is 376 g/mol. The predicted molar refractivity (Wildman–Crippen MR) is 79.9 cm³/mol. The number of rotatable bonds is 2. The van der Waals surface area contributed by atoms with E-state index in [9.17, 15) is 9.59 Å². The van der Waals surface area contributed by atoms with Gasteiger partial charge in [0.15, 0.2) is 0 Å². The van der Waals surface area contributed by atoms with Crippen LogP contribution in [0.2, 0.25) is 5.02 Å². The molecule has 2 rings (SSSR count). The maximum atomic E-state index is 11.9. The van der Waals surface area contributed by atoms with Crippen LogP contribution in [0.1, 0.15) is 19.4 Å². The van der Waals surface area contributed by atoms with Gasteiger partial charge in [0.05, 0.1) is 12.1 Å². The SMILES string of the molecule is COc1ccc(Br)c(Cl)c1C=C1C(=O)OC(C)(C)OC1=O. The fraction of sp³-hybridized carbons (Fsp3) is 0.286. The van der Waals surface area contributed by atoms with Crippen LogP contribution in [0.4, 0.5) is 0 Å². The molecule has 0 aromatic heterocycles. The number of hydrogen-bond acceptors (Lipinski definition) is 5. The van der Waals surface area contributed by atoms with Gasteiger partial charge in [-0.1, -0.05) is 11.6 Å². The van der Waals surface area contributed by atoms with E-state index < -0.39 is 17.7 Å². The number of carbonyl (C=O) groups is 2. The van der Waals surface area contributed by atoms with Crippen molar-refractivity contribution in [1.29, 1.82) is 0 Å². The third-order valence-corrected chi connectivity index (χ3v) is 4.01. The molecule has 112 valence electrons. The smallest absolute Gasteiger partial charge is 0.348 e. The lowest BCUT2D eigenvalue weighted by atomic mass is 10.1. The number of halogens is 2. The first kappa shape index (κ1) is 15.9. The van der Waals surface area contributed by atoms with Crippen LogP contribution >= 0.6 is 27.5 Å². The Hall–Kier alpha value is -1.53. The Kier molecular flexibility index (Phi) is 4.30. The highest BCUT2D eigenvalue weighted by Gasteiger charge is 2.39. The zero-order chi connectivity index (χ0) is 15.8. The number of hydrogen-bond donors (Lipinski definition) is 0. The summed E-state index contributed by atoms with van der Waals surface area (Å²) in [6.07, 6.45) is 1.30. The van der Waals surface area contributed by atoms with Gasteiger partial charge in [0.1, 0.15) is 11.3 Å². The standard InChI is InChI=1S/C14H12BrClO5/c1-14(2)20-12(17)8(13(18)21-14)6-7-10(19-3)5-4-9(15)11(7)16/h4-6H,1-3H3. The van der Waals surface area contributed by atoms with Crippen molar-refractivity contribution in [2.45, 2.75) is 19.6 Å². The van der Waals surface area contributed by atoms with Gasteiger partial charge in [-0.05, 0) is 34.1 Å². The molecule has 7 heteroatoms. The second-order valence-electron chi connectivity index (χ2n) is 4.71. The highest BCUT2D eigenvalue weighted by molar-refractivity contribution is 9.10. The molecule has 1 aromatic carbocycles. The summed E-state index contributed by atoms with van der Waals surface area (Å²) < 4.78 is 15.8. The lowest BCUT2D eigenvalue weighted by Crippen LogP contribution is -2.41. The zero-order valence-electron chi connectivity index (χ0n) is 11.5. The van der Waals surface area contributed by atoms with Crippen LogP contribution < -0.4 is 4.74 Å². The van der Waals surface area contributed by atoms with Crippen molar-refractivity contribution < 1.29 is 23.8 Å². The number of benzene rings is 1. The van der Waals surface area contributed by atoms with Gasteiger partial charge >= 0.3 is 11.9 Å². The van der Waals surface area contributed by atoms with Gasteiger partial charge in [-0.15, -0.1) is 0 Å². The summed E-state index contributed by atoms with van der Waals surface area (Å²) in [5, 5.41) is 0.312. The van der Waals surface area contributed by atoms with E-state index in [1.807, 2.05) is 0 Å².